The van der Waals surface area contributed by atoms with Gasteiger partial charge in [-0.25, -0.2) is 26.3 Å². The molecule has 0 amide bonds. The molecule has 146 heavy (non-hydrogen) atoms. The van der Waals surface area contributed by atoms with Crippen LogP contribution in [-0.4, -0.2) is 49.8 Å². The Morgan fingerprint density at radius 3 is 0.678 bits per heavy atom. The van der Waals surface area contributed by atoms with Crippen molar-refractivity contribution in [2.24, 2.45) is 35.5 Å². The summed E-state index contributed by atoms with van der Waals surface area (Å²) in [7, 11) is 9.89. The van der Waals surface area contributed by atoms with Gasteiger partial charge in [-0.15, -0.1) is 6.58 Å². The Morgan fingerprint density at radius 1 is 0.226 bits per heavy atom. The lowest BCUT2D eigenvalue weighted by atomic mass is 9.75. The molecule has 0 bridgehead atoms. The summed E-state index contributed by atoms with van der Waals surface area (Å²) < 4.78 is 208. The molecule has 12 rings (SSSR count). The van der Waals surface area contributed by atoms with Crippen molar-refractivity contribution in [1.82, 2.24) is 0 Å². The Labute approximate surface area is 876 Å². The van der Waals surface area contributed by atoms with E-state index in [1.165, 1.54) is 249 Å². The number of hydrogen-bond acceptors (Lipinski definition) is 7. The summed E-state index contributed by atoms with van der Waals surface area (Å²) >= 11 is 0. The molecule has 0 aliphatic heterocycles. The minimum atomic E-state index is -0.956. The third-order valence-corrected chi connectivity index (χ3v) is 33.6. The molecule has 0 N–H and O–H groups in total. The van der Waals surface area contributed by atoms with Gasteiger partial charge in [0.2, 0.25) is 34.9 Å². The van der Waals surface area contributed by atoms with Crippen molar-refractivity contribution in [1.29, 1.82) is 0 Å². The summed E-state index contributed by atoms with van der Waals surface area (Å²) in [6, 6.07) is 8.81. The third-order valence-electron chi connectivity index (χ3n) is 33.6. The molecule has 0 atom stereocenters. The van der Waals surface area contributed by atoms with Gasteiger partial charge in [-0.1, -0.05) is 242 Å². The summed E-state index contributed by atoms with van der Waals surface area (Å²) in [5.74, 6) is -2.21. The van der Waals surface area contributed by atoms with Gasteiger partial charge in [0.05, 0.1) is 49.8 Å². The lowest BCUT2D eigenvalue weighted by Gasteiger charge is -2.31. The zero-order valence-corrected chi connectivity index (χ0v) is 93.7. The van der Waals surface area contributed by atoms with E-state index in [2.05, 4.69) is 68.9 Å². The van der Waals surface area contributed by atoms with Crippen molar-refractivity contribution in [2.45, 2.75) is 490 Å². The molecule has 19 heteroatoms. The molecule has 0 saturated heterocycles. The van der Waals surface area contributed by atoms with Gasteiger partial charge in [0.15, 0.2) is 75.1 Å². The Kier molecular flexibility index (Phi) is 59.1. The number of allylic oxidation sites excluding steroid dienone is 1. The maximum atomic E-state index is 14.8. The van der Waals surface area contributed by atoms with Crippen LogP contribution in [0.25, 0.3) is 0 Å². The van der Waals surface area contributed by atoms with E-state index < -0.39 is 69.8 Å². The van der Waals surface area contributed by atoms with Crippen molar-refractivity contribution in [2.75, 3.05) is 49.8 Å². The second-order valence-corrected chi connectivity index (χ2v) is 43.6. The molecule has 7 nitrogen and oxygen atoms in total. The first kappa shape index (κ1) is 126. The smallest absolute Gasteiger partial charge is 0.204 e. The zero-order valence-electron chi connectivity index (χ0n) is 93.7. The van der Waals surface area contributed by atoms with Crippen molar-refractivity contribution in [3.05, 3.63) is 180 Å². The molecule has 0 unspecified atom stereocenters. The first-order valence-corrected chi connectivity index (χ1v) is 58.1. The Balaban J connectivity index is 0.000000238. The molecule has 6 aliphatic rings. The maximum absolute atomic E-state index is 14.8. The molecule has 0 spiro atoms. The van der Waals surface area contributed by atoms with Gasteiger partial charge in [-0.2, -0.15) is 26.3 Å². The van der Waals surface area contributed by atoms with Crippen LogP contribution in [-0.2, 0) is 32.1 Å². The van der Waals surface area contributed by atoms with Gasteiger partial charge in [0, 0.05) is 5.56 Å². The van der Waals surface area contributed by atoms with Gasteiger partial charge < -0.3 is 33.2 Å². The first-order chi connectivity index (χ1) is 70.6. The topological polar surface area (TPSA) is 64.6 Å². The molecule has 0 heterocycles. The van der Waals surface area contributed by atoms with E-state index in [9.17, 15) is 52.7 Å². The summed E-state index contributed by atoms with van der Waals surface area (Å²) in [6.07, 6.45) is 67.0. The van der Waals surface area contributed by atoms with Crippen LogP contribution in [0.4, 0.5) is 52.7 Å². The fourth-order valence-corrected chi connectivity index (χ4v) is 24.6. The van der Waals surface area contributed by atoms with E-state index in [0.29, 0.717) is 107 Å². The van der Waals surface area contributed by atoms with Crippen LogP contribution in [0.5, 0.6) is 40.2 Å². The van der Waals surface area contributed by atoms with Crippen LogP contribution in [0, 0.1) is 112 Å². The second-order valence-electron chi connectivity index (χ2n) is 43.6. The lowest BCUT2D eigenvalue weighted by molar-refractivity contribution is 0.288. The number of unbranched alkanes of at least 4 members (excludes halogenated alkanes) is 13. The fourth-order valence-electron chi connectivity index (χ4n) is 24.6. The molecular formula is C127H192F12O7. The Bertz CT molecular complexity index is 4710. The van der Waals surface area contributed by atoms with Crippen LogP contribution >= 0.6 is 0 Å². The van der Waals surface area contributed by atoms with Gasteiger partial charge in [-0.3, -0.25) is 0 Å². The molecule has 0 radical (unpaired) electrons. The average molecular weight is 2060 g/mol. The third kappa shape index (κ3) is 36.8. The minimum Gasteiger partial charge on any atom is -0.494 e. The lowest BCUT2D eigenvalue weighted by Crippen LogP contribution is -2.16. The molecular weight excluding hydrogens is 1870 g/mol. The van der Waals surface area contributed by atoms with Crippen molar-refractivity contribution in [3.63, 3.8) is 0 Å². The van der Waals surface area contributed by atoms with Crippen LogP contribution in [0.15, 0.2) is 43.0 Å². The van der Waals surface area contributed by atoms with E-state index >= 15 is 0 Å². The van der Waals surface area contributed by atoms with Crippen LogP contribution in [0.3, 0.4) is 0 Å². The minimum absolute atomic E-state index is 0.0259. The molecule has 6 saturated carbocycles. The average Bonchev–Trinajstić information content (AvgIpc) is 0.764. The summed E-state index contributed by atoms with van der Waals surface area (Å²) in [5.41, 5.74) is 8.97. The van der Waals surface area contributed by atoms with Gasteiger partial charge >= 0.3 is 0 Å². The number of hydrogen-bond donors (Lipinski definition) is 0. The molecule has 6 fully saturated rings. The number of ether oxygens (including phenoxy) is 7. The predicted molar refractivity (Wildman–Crippen MR) is 581 cm³/mol. The highest BCUT2D eigenvalue weighted by Crippen LogP contribution is 2.52. The van der Waals surface area contributed by atoms with Crippen molar-refractivity contribution < 1.29 is 85.8 Å². The highest BCUT2D eigenvalue weighted by atomic mass is 19.2. The molecule has 826 valence electrons. The number of methoxy groups -OCH3 is 7. The molecule has 6 aromatic carbocycles. The standard InChI is InChI=1S/C24H38F2O.C22H34F2O.C21H32F2O.C21H30F2O.C20H30F2O.C19H28F2O2/c1-4-6-8-9-10-12-20-21(17-22(27-3)24(26)23(20)25)19-15-13-18(14-16-19)11-7-5-2;1-4-6-8-10-18-19(15-20(25-3)22(24)21(18)23)17-13-11-16(12-14-17)9-7-5-2;2*1-4-6-8-15-10-12-16(13-11-15)18-14-19(24-3)21(23)20(22)17(18)9-7-5-2;1-4-6-8-14-9-11-15(12-10-14)17-13-18(23-3)20(22)19(21)16(17)7-5-2;1-5-6-7-13-8-10-14(11-9-13)15-12(2)16(20)17(21)19(23-4)18(15)22-3/h17-19H,4-16H2,1-3H3;15-17H,4-14H2,1-3H3;14-16H,4-13H2,1-3H3;5,14-16H,2,4,6-13H2,1,3H3;13-15H,4-12H2,1-3H3;13-14H,5-11H2,1-4H3. The normalized spacial score (nSPS) is 20.9. The van der Waals surface area contributed by atoms with Gasteiger partial charge in [0.1, 0.15) is 0 Å². The van der Waals surface area contributed by atoms with E-state index in [1.807, 2.05) is 6.92 Å². The highest BCUT2D eigenvalue weighted by Gasteiger charge is 2.37. The van der Waals surface area contributed by atoms with Crippen LogP contribution in [0.1, 0.15) is 518 Å². The fraction of sp³-hybridized carbons (Fsp3) is 0.701. The van der Waals surface area contributed by atoms with Crippen LogP contribution in [0.2, 0.25) is 0 Å². The van der Waals surface area contributed by atoms with E-state index in [0.717, 1.165) is 210 Å². The summed E-state index contributed by atoms with van der Waals surface area (Å²) in [4.78, 5) is 0. The summed E-state index contributed by atoms with van der Waals surface area (Å²) in [5, 5.41) is 0. The zero-order chi connectivity index (χ0) is 107. The largest absolute Gasteiger partial charge is 0.494 e. The monoisotopic (exact) mass is 2060 g/mol. The predicted octanol–water partition coefficient (Wildman–Crippen LogP) is 40.6. The first-order valence-electron chi connectivity index (χ1n) is 58.1. The van der Waals surface area contributed by atoms with E-state index in [-0.39, 0.29) is 40.4 Å². The number of halogens is 12. The van der Waals surface area contributed by atoms with Crippen LogP contribution < -0.4 is 33.2 Å². The highest BCUT2D eigenvalue weighted by molar-refractivity contribution is 5.54. The molecule has 0 aromatic heterocycles. The molecule has 6 aliphatic carbocycles. The van der Waals surface area contributed by atoms with E-state index in [4.69, 9.17) is 33.2 Å². The number of rotatable bonds is 49. The summed E-state index contributed by atoms with van der Waals surface area (Å²) in [6.45, 7) is 27.1. The Hall–Kier alpha value is -7.18. The van der Waals surface area contributed by atoms with Gasteiger partial charge in [-0.05, 0) is 381 Å². The SMILES string of the molecule is C=CCCc1c(C2CCC(CCCC)CC2)cc(OC)c(F)c1F.CCCCC1CCC(c2c(C)c(F)c(F)c(OC)c2OC)CC1.CCCCC1CCC(c2cc(OC)c(F)c(F)c2CCC)CC1.CCCCCCCc1c(C2CCC(CCCC)CC2)cc(OC)c(F)c1F.CCCCCc1c(C2CCC(CCCC)CC2)cc(OC)c(F)c1F.CCCCc1c(C2CCC(CCCC)CC2)cc(OC)c(F)c1F. The second kappa shape index (κ2) is 68.7. The maximum Gasteiger partial charge on any atom is 0.204 e. The quantitative estimate of drug-likeness (QED) is 0.0214. The Morgan fingerprint density at radius 2 is 0.445 bits per heavy atom. The van der Waals surface area contributed by atoms with E-state index in [1.54, 1.807) is 43.3 Å². The van der Waals surface area contributed by atoms with Gasteiger partial charge in [0.25, 0.3) is 0 Å². The van der Waals surface area contributed by atoms with Crippen molar-refractivity contribution in [3.8, 4) is 40.2 Å². The molecule has 6 aromatic rings. The van der Waals surface area contributed by atoms with Crippen molar-refractivity contribution >= 4 is 0 Å². The number of benzene rings is 6.